The lowest BCUT2D eigenvalue weighted by atomic mass is 9.97. The first kappa shape index (κ1) is 72.3. The minimum absolute atomic E-state index is 0.0517. The number of rotatable bonds is 55. The summed E-state index contributed by atoms with van der Waals surface area (Å²) in [6, 6.07) is 0. The van der Waals surface area contributed by atoms with Crippen LogP contribution in [0.25, 0.3) is 0 Å². The summed E-state index contributed by atoms with van der Waals surface area (Å²) in [6.07, 6.45) is 43.3. The van der Waals surface area contributed by atoms with Gasteiger partial charge in [-0.2, -0.15) is 0 Å². The topological polar surface area (TPSA) is 210 Å². The fourth-order valence-corrected chi connectivity index (χ4v) is 9.03. The Hall–Kier alpha value is -2.65. The zero-order valence-electron chi connectivity index (χ0n) is 48.2. The van der Waals surface area contributed by atoms with Crippen LogP contribution in [-0.4, -0.2) is 97.9 Å². The van der Waals surface area contributed by atoms with Crippen molar-refractivity contribution in [2.75, 3.05) is 13.2 Å². The Morgan fingerprint density at radius 1 is 0.427 bits per heavy atom. The lowest BCUT2D eigenvalue weighted by Gasteiger charge is -2.43. The van der Waals surface area contributed by atoms with Crippen molar-refractivity contribution in [1.29, 1.82) is 0 Å². The first-order valence-corrected chi connectivity index (χ1v) is 30.7. The molecule has 2 unspecified atom stereocenters. The lowest BCUT2D eigenvalue weighted by molar-refractivity contribution is -0.466. The van der Waals surface area contributed by atoms with Crippen molar-refractivity contribution in [1.82, 2.24) is 0 Å². The molecule has 0 aliphatic heterocycles. The molecule has 6 N–H and O–H groups in total. The second-order valence-corrected chi connectivity index (χ2v) is 21.0. The van der Waals surface area contributed by atoms with E-state index in [1.165, 1.54) is 116 Å². The van der Waals surface area contributed by atoms with Crippen LogP contribution in [0.1, 0.15) is 291 Å². The number of aliphatic hydroxyl groups excluding tert-OH is 4. The van der Waals surface area contributed by atoms with E-state index in [0.717, 1.165) is 96.3 Å². The van der Waals surface area contributed by atoms with Crippen molar-refractivity contribution in [3.63, 3.8) is 0 Å². The summed E-state index contributed by atoms with van der Waals surface area (Å²) in [5, 5.41) is 66.6. The highest BCUT2D eigenvalue weighted by Crippen LogP contribution is 2.35. The zero-order valence-corrected chi connectivity index (χ0v) is 48.2. The maximum absolute atomic E-state index is 13.9. The molecule has 0 aromatic heterocycles. The average molecular weight is 1070 g/mol. The molecule has 0 aromatic carbocycles. The lowest BCUT2D eigenvalue weighted by Crippen LogP contribution is -2.70. The Morgan fingerprint density at radius 2 is 0.747 bits per heavy atom. The molecular weight excluding hydrogens is 953 g/mol. The van der Waals surface area contributed by atoms with Gasteiger partial charge in [0.25, 0.3) is 0 Å². The third-order valence-electron chi connectivity index (χ3n) is 13.9. The molecule has 0 spiro atoms. The van der Waals surface area contributed by atoms with E-state index in [-0.39, 0.29) is 32.3 Å². The van der Waals surface area contributed by atoms with Crippen molar-refractivity contribution in [2.24, 2.45) is 0 Å². The van der Waals surface area contributed by atoms with Gasteiger partial charge in [0, 0.05) is 19.4 Å². The summed E-state index contributed by atoms with van der Waals surface area (Å²) in [5.41, 5.74) is 0. The van der Waals surface area contributed by atoms with E-state index in [9.17, 15) is 45.0 Å². The van der Waals surface area contributed by atoms with Gasteiger partial charge >= 0.3 is 29.7 Å². The largest absolute Gasteiger partial charge is 0.446 e. The van der Waals surface area contributed by atoms with Gasteiger partial charge in [0.15, 0.2) is 12.2 Å². The molecule has 0 fully saturated rings. The molecule has 6 atom stereocenters. The smallest absolute Gasteiger partial charge is 0.419 e. The van der Waals surface area contributed by atoms with E-state index in [0.29, 0.717) is 25.7 Å². The van der Waals surface area contributed by atoms with Gasteiger partial charge in [0.2, 0.25) is 0 Å². The minimum atomic E-state index is -3.94. The average Bonchev–Trinajstić information content (AvgIpc) is 3.39. The Labute approximate surface area is 457 Å². The fraction of sp³-hybridized carbons (Fsp3) is 0.855. The molecule has 0 bridgehead atoms. The van der Waals surface area contributed by atoms with Crippen molar-refractivity contribution < 1.29 is 64.0 Å². The molecule has 0 amide bonds. The van der Waals surface area contributed by atoms with Crippen molar-refractivity contribution >= 4 is 17.9 Å². The fourth-order valence-electron chi connectivity index (χ4n) is 9.03. The SMILES string of the molecule is CCCCCCCC/C=C\CCCCCCCC(=O)OC(O)(OC(=O)C(CCCCCC/C=C\CCCCCCCC)OCC)[C@](O)(OC(=O)CCCCCCC/C=C\CCCCCCCC)[C@H](O)[C@H](O)[C@@H](O)CO. The van der Waals surface area contributed by atoms with E-state index in [1.54, 1.807) is 6.92 Å². The van der Waals surface area contributed by atoms with Gasteiger partial charge in [-0.25, -0.2) is 4.79 Å². The third kappa shape index (κ3) is 38.5. The number of carbonyl (C=O) groups is 3. The van der Waals surface area contributed by atoms with Crippen molar-refractivity contribution in [2.45, 2.75) is 327 Å². The van der Waals surface area contributed by atoms with Gasteiger partial charge in [-0.05, 0) is 103 Å². The molecule has 0 saturated heterocycles. The molecule has 0 radical (unpaired) electrons. The van der Waals surface area contributed by atoms with Crippen molar-refractivity contribution in [3.05, 3.63) is 36.5 Å². The van der Waals surface area contributed by atoms with Crippen LogP contribution in [0.5, 0.6) is 0 Å². The Morgan fingerprint density at radius 3 is 1.09 bits per heavy atom. The zero-order chi connectivity index (χ0) is 55.5. The van der Waals surface area contributed by atoms with Gasteiger partial charge in [-0.1, -0.05) is 211 Å². The molecule has 440 valence electrons. The summed E-state index contributed by atoms with van der Waals surface area (Å²) in [5.74, 6) is -11.4. The number of hydrogen-bond donors (Lipinski definition) is 6. The van der Waals surface area contributed by atoms with Crippen LogP contribution in [0, 0.1) is 0 Å². The van der Waals surface area contributed by atoms with Gasteiger partial charge < -0.3 is 49.6 Å². The predicted molar refractivity (Wildman–Crippen MR) is 302 cm³/mol. The van der Waals surface area contributed by atoms with Crippen LogP contribution >= 0.6 is 0 Å². The maximum Gasteiger partial charge on any atom is 0.446 e. The summed E-state index contributed by atoms with van der Waals surface area (Å²) >= 11 is 0. The quantitative estimate of drug-likeness (QED) is 0.0145. The number of unbranched alkanes of at least 4 members (excludes halogenated alkanes) is 32. The first-order valence-electron chi connectivity index (χ1n) is 30.7. The number of hydrogen-bond acceptors (Lipinski definition) is 13. The summed E-state index contributed by atoms with van der Waals surface area (Å²) in [7, 11) is 0. The standard InChI is InChI=1S/C62H114O13/c1-5-9-12-15-18-21-24-27-30-33-36-39-42-45-48-51-56(65)73-61(70,59(68)58(67)54(64)53-63)62(71,74-57(66)52-49-46-43-40-37-34-31-28-25-22-19-16-13-10-6-2)75-60(69)55(72-8-4)50-47-44-41-38-35-32-29-26-23-20-17-14-11-7-3/h27-32,54-55,58-59,63-64,67-68,70-71H,5-26,33-53H2,1-4H3/b30-27-,31-28-,32-29-/t54-,55?,58+,59+,61+,62?/m0/s1. The van der Waals surface area contributed by atoms with Crippen LogP contribution in [0.15, 0.2) is 36.5 Å². The Bertz CT molecular complexity index is 1420. The molecule has 0 heterocycles. The van der Waals surface area contributed by atoms with Crippen molar-refractivity contribution in [3.8, 4) is 0 Å². The van der Waals surface area contributed by atoms with E-state index in [2.05, 4.69) is 57.2 Å². The predicted octanol–water partition coefficient (Wildman–Crippen LogP) is 14.2. The van der Waals surface area contributed by atoms with Gasteiger partial charge in [-0.3, -0.25) is 9.59 Å². The Balaban J connectivity index is 5.85. The first-order chi connectivity index (χ1) is 36.4. The number of carbonyl (C=O) groups excluding carboxylic acids is 3. The monoisotopic (exact) mass is 1070 g/mol. The second-order valence-electron chi connectivity index (χ2n) is 21.0. The van der Waals surface area contributed by atoms with Crippen LogP contribution < -0.4 is 0 Å². The minimum Gasteiger partial charge on any atom is -0.419 e. The van der Waals surface area contributed by atoms with Crippen LogP contribution in [-0.2, 0) is 33.3 Å². The van der Waals surface area contributed by atoms with Gasteiger partial charge in [0.05, 0.1) is 6.61 Å². The molecular formula is C62H114O13. The number of aliphatic hydroxyl groups is 6. The molecule has 13 nitrogen and oxygen atoms in total. The summed E-state index contributed by atoms with van der Waals surface area (Å²) in [6.45, 7) is 7.25. The maximum atomic E-state index is 13.9. The number of ether oxygens (including phenoxy) is 4. The van der Waals surface area contributed by atoms with E-state index in [4.69, 9.17) is 18.9 Å². The van der Waals surface area contributed by atoms with Crippen LogP contribution in [0.2, 0.25) is 0 Å². The highest BCUT2D eigenvalue weighted by Gasteiger charge is 2.67. The van der Waals surface area contributed by atoms with Gasteiger partial charge in [-0.15, -0.1) is 0 Å². The highest BCUT2D eigenvalue weighted by molar-refractivity contribution is 5.76. The normalized spacial score (nSPS) is 15.3. The van der Waals surface area contributed by atoms with Crippen LogP contribution in [0.4, 0.5) is 0 Å². The molecule has 75 heavy (non-hydrogen) atoms. The molecule has 0 saturated carbocycles. The second kappa shape index (κ2) is 50.8. The number of esters is 3. The third-order valence-corrected chi connectivity index (χ3v) is 13.9. The molecule has 0 aliphatic rings. The van der Waals surface area contributed by atoms with E-state index in [1.807, 2.05) is 0 Å². The van der Waals surface area contributed by atoms with Crippen LogP contribution in [0.3, 0.4) is 0 Å². The molecule has 13 heteroatoms. The van der Waals surface area contributed by atoms with E-state index >= 15 is 0 Å². The summed E-state index contributed by atoms with van der Waals surface area (Å²) in [4.78, 5) is 40.9. The number of allylic oxidation sites excluding steroid dienone is 6. The molecule has 0 aromatic rings. The Kier molecular flexibility index (Phi) is 49.0. The van der Waals surface area contributed by atoms with Gasteiger partial charge in [0.1, 0.15) is 12.2 Å². The molecule has 0 rings (SSSR count). The summed E-state index contributed by atoms with van der Waals surface area (Å²) < 4.78 is 21.7. The highest BCUT2D eigenvalue weighted by atomic mass is 16.9. The van der Waals surface area contributed by atoms with E-state index < -0.39 is 60.7 Å². The molecule has 0 aliphatic carbocycles.